The molecule has 1 saturated heterocycles. The zero-order chi connectivity index (χ0) is 18.0. The lowest BCUT2D eigenvalue weighted by molar-refractivity contribution is 0.169. The summed E-state index contributed by atoms with van der Waals surface area (Å²) in [6.07, 6.45) is 0. The first-order valence-electron chi connectivity index (χ1n) is 7.10. The number of halogens is 2. The van der Waals surface area contributed by atoms with Crippen molar-refractivity contribution in [3.63, 3.8) is 0 Å². The molecule has 0 atom stereocenters. The van der Waals surface area contributed by atoms with Crippen LogP contribution in [0.5, 0.6) is 0 Å². The number of likely N-dealkylation sites (N-methyl/N-ethyl adjacent to an activating group) is 2. The summed E-state index contributed by atoms with van der Waals surface area (Å²) in [7, 11) is 9.52. The minimum atomic E-state index is 0.476. The third-order valence-electron chi connectivity index (χ3n) is 2.20. The van der Waals surface area contributed by atoms with E-state index in [1.165, 1.54) is 12.6 Å². The molecular weight excluding hydrogens is 321 g/mol. The van der Waals surface area contributed by atoms with Gasteiger partial charge in [0.25, 0.3) is 0 Å². The van der Waals surface area contributed by atoms with Crippen molar-refractivity contribution >= 4 is 23.2 Å². The number of nitrogens with one attached hydrogen (secondary N) is 2. The average Bonchev–Trinajstić information content (AvgIpc) is 2.49. The minimum absolute atomic E-state index is 0.476. The Kier molecular flexibility index (Phi) is 25.4. The summed E-state index contributed by atoms with van der Waals surface area (Å²) in [5.74, 6) is 0.951. The van der Waals surface area contributed by atoms with Crippen LogP contribution in [0.4, 0.5) is 0 Å². The number of rotatable bonds is 4. The lowest BCUT2D eigenvalue weighted by Gasteiger charge is -2.31. The van der Waals surface area contributed by atoms with Gasteiger partial charge in [-0.05, 0) is 46.4 Å². The first-order chi connectivity index (χ1) is 10.4. The van der Waals surface area contributed by atoms with Gasteiger partial charge < -0.3 is 16.4 Å². The molecule has 1 rings (SSSR count). The summed E-state index contributed by atoms with van der Waals surface area (Å²) in [6.45, 7) is 11.5. The van der Waals surface area contributed by atoms with Crippen LogP contribution in [-0.4, -0.2) is 83.2 Å². The number of nitrogens with zero attached hydrogens (tertiary/aromatic N) is 2. The third-order valence-corrected chi connectivity index (χ3v) is 2.96. The Morgan fingerprint density at radius 1 is 1.09 bits per heavy atom. The first kappa shape index (κ1) is 26.7. The lowest BCUT2D eigenvalue weighted by Crippen LogP contribution is -2.41. The second-order valence-electron chi connectivity index (χ2n) is 4.82. The fourth-order valence-corrected chi connectivity index (χ4v) is 1.82. The fraction of sp³-hybridized carbons (Fsp3) is 0.733. The topological polar surface area (TPSA) is 56.6 Å². The van der Waals surface area contributed by atoms with Gasteiger partial charge in [-0.1, -0.05) is 13.2 Å². The van der Waals surface area contributed by atoms with E-state index in [0.717, 1.165) is 32.0 Å². The van der Waals surface area contributed by atoms with Crippen LogP contribution in [0.1, 0.15) is 0 Å². The molecule has 0 amide bonds. The van der Waals surface area contributed by atoms with Crippen LogP contribution in [0.3, 0.4) is 0 Å². The van der Waals surface area contributed by atoms with Crippen LogP contribution in [-0.2, 0) is 0 Å². The van der Waals surface area contributed by atoms with E-state index < -0.39 is 0 Å². The number of alkyl halides is 2. The number of nitrogens with two attached hydrogens (primary N) is 1. The Labute approximate surface area is 147 Å². The van der Waals surface area contributed by atoms with E-state index in [4.69, 9.17) is 23.2 Å². The Morgan fingerprint density at radius 3 is 1.59 bits per heavy atom. The van der Waals surface area contributed by atoms with Crippen molar-refractivity contribution < 1.29 is 0 Å². The van der Waals surface area contributed by atoms with Gasteiger partial charge in [-0.3, -0.25) is 9.80 Å². The molecule has 0 aromatic heterocycles. The molecule has 0 aromatic carbocycles. The number of allylic oxidation sites excluding steroid dienone is 1. The molecule has 0 radical (unpaired) electrons. The lowest BCUT2D eigenvalue weighted by atomic mass is 10.2. The van der Waals surface area contributed by atoms with Crippen LogP contribution in [0.25, 0.3) is 0 Å². The highest BCUT2D eigenvalue weighted by atomic mass is 35.5. The van der Waals surface area contributed by atoms with Gasteiger partial charge in [0.1, 0.15) is 0 Å². The highest BCUT2D eigenvalue weighted by Gasteiger charge is 2.11. The van der Waals surface area contributed by atoms with Crippen molar-refractivity contribution in [2.75, 3.05) is 73.4 Å². The minimum Gasteiger partial charge on any atom is -0.333 e. The smallest absolute Gasteiger partial charge is 0.0506 e. The quantitative estimate of drug-likeness (QED) is 0.403. The molecular formula is C15H35Cl2N5. The van der Waals surface area contributed by atoms with Crippen LogP contribution < -0.4 is 16.4 Å². The van der Waals surface area contributed by atoms with E-state index >= 15 is 0 Å². The standard InChI is InChI=1S/C7H14N2.C4H6Cl2.C3H10N2.CH5N/c1-7-4-8(2)6-9(3)5-7;1-4(2-5)3-6;1-4-3-5-2;1-2/h1,4-6H2,2-3H3;1-3H2;4-5H,3H2,1-2H3;2H2,1H3. The molecule has 1 aliphatic heterocycles. The van der Waals surface area contributed by atoms with Crippen molar-refractivity contribution in [2.24, 2.45) is 5.73 Å². The number of hydrogen-bond donors (Lipinski definition) is 3. The summed E-state index contributed by atoms with van der Waals surface area (Å²) in [4.78, 5) is 4.51. The number of hydrogen-bond acceptors (Lipinski definition) is 5. The molecule has 0 unspecified atom stereocenters. The molecule has 4 N–H and O–H groups in total. The van der Waals surface area contributed by atoms with Crippen molar-refractivity contribution in [1.29, 1.82) is 0 Å². The highest BCUT2D eigenvalue weighted by Crippen LogP contribution is 2.04. The van der Waals surface area contributed by atoms with Gasteiger partial charge in [0, 0.05) is 31.5 Å². The summed E-state index contributed by atoms with van der Waals surface area (Å²) in [5.41, 5.74) is 6.68. The Balaban J connectivity index is -0.000000245. The molecule has 1 aliphatic rings. The predicted molar refractivity (Wildman–Crippen MR) is 103 cm³/mol. The van der Waals surface area contributed by atoms with E-state index in [-0.39, 0.29) is 0 Å². The van der Waals surface area contributed by atoms with Gasteiger partial charge in [-0.15, -0.1) is 23.2 Å². The van der Waals surface area contributed by atoms with E-state index in [2.05, 4.69) is 53.4 Å². The van der Waals surface area contributed by atoms with Gasteiger partial charge in [0.2, 0.25) is 0 Å². The monoisotopic (exact) mass is 355 g/mol. The molecule has 0 spiro atoms. The normalized spacial score (nSPS) is 14.6. The van der Waals surface area contributed by atoms with Crippen LogP contribution >= 0.6 is 23.2 Å². The van der Waals surface area contributed by atoms with Gasteiger partial charge in [-0.25, -0.2) is 0 Å². The van der Waals surface area contributed by atoms with Gasteiger partial charge in [0.15, 0.2) is 0 Å². The Hall–Kier alpha value is -0.140. The van der Waals surface area contributed by atoms with Crippen LogP contribution in [0.2, 0.25) is 0 Å². The van der Waals surface area contributed by atoms with Crippen molar-refractivity contribution in [1.82, 2.24) is 20.4 Å². The molecule has 134 valence electrons. The molecule has 0 saturated carbocycles. The van der Waals surface area contributed by atoms with E-state index in [1.807, 2.05) is 14.1 Å². The van der Waals surface area contributed by atoms with E-state index in [1.54, 1.807) is 0 Å². The third kappa shape index (κ3) is 22.1. The average molecular weight is 356 g/mol. The van der Waals surface area contributed by atoms with Crippen LogP contribution in [0.15, 0.2) is 24.3 Å². The fourth-order valence-electron chi connectivity index (χ4n) is 1.54. The molecule has 1 heterocycles. The Bertz CT molecular complexity index is 242. The molecule has 22 heavy (non-hydrogen) atoms. The van der Waals surface area contributed by atoms with Crippen molar-refractivity contribution in [3.05, 3.63) is 24.3 Å². The highest BCUT2D eigenvalue weighted by molar-refractivity contribution is 6.23. The first-order valence-corrected chi connectivity index (χ1v) is 8.17. The summed E-state index contributed by atoms with van der Waals surface area (Å²) < 4.78 is 0. The summed E-state index contributed by atoms with van der Waals surface area (Å²) in [5, 5.41) is 5.81. The molecule has 0 bridgehead atoms. The zero-order valence-corrected chi connectivity index (χ0v) is 16.4. The van der Waals surface area contributed by atoms with E-state index in [9.17, 15) is 0 Å². The second kappa shape index (κ2) is 20.9. The predicted octanol–water partition coefficient (Wildman–Crippen LogP) is 1.36. The maximum atomic E-state index is 5.27. The molecule has 1 fully saturated rings. The van der Waals surface area contributed by atoms with E-state index in [0.29, 0.717) is 11.8 Å². The van der Waals surface area contributed by atoms with Gasteiger partial charge in [0.05, 0.1) is 6.67 Å². The van der Waals surface area contributed by atoms with Crippen LogP contribution in [0, 0.1) is 0 Å². The van der Waals surface area contributed by atoms with Crippen molar-refractivity contribution in [3.8, 4) is 0 Å². The summed E-state index contributed by atoms with van der Waals surface area (Å²) >= 11 is 10.5. The molecule has 5 nitrogen and oxygen atoms in total. The molecule has 0 aliphatic carbocycles. The van der Waals surface area contributed by atoms with Gasteiger partial charge in [-0.2, -0.15) is 0 Å². The maximum absolute atomic E-state index is 5.27. The SMILES string of the molecule is C=C(CCl)CCl.C=C1CN(C)CN(C)C1.CN.CNCNC. The zero-order valence-electron chi connectivity index (χ0n) is 14.9. The molecule has 0 aromatic rings. The second-order valence-corrected chi connectivity index (χ2v) is 5.36. The molecule has 7 heteroatoms. The summed E-state index contributed by atoms with van der Waals surface area (Å²) in [6, 6.07) is 0. The van der Waals surface area contributed by atoms with Crippen molar-refractivity contribution in [2.45, 2.75) is 0 Å². The maximum Gasteiger partial charge on any atom is 0.0506 e. The Morgan fingerprint density at radius 2 is 1.45 bits per heavy atom. The largest absolute Gasteiger partial charge is 0.333 e. The van der Waals surface area contributed by atoms with Gasteiger partial charge >= 0.3 is 0 Å².